The summed E-state index contributed by atoms with van der Waals surface area (Å²) in [5.74, 6) is -0.592. The minimum atomic E-state index is -0.565. The summed E-state index contributed by atoms with van der Waals surface area (Å²) in [5, 5.41) is 0.683. The van der Waals surface area contributed by atoms with Crippen molar-refractivity contribution in [2.45, 2.75) is 0 Å². The van der Waals surface area contributed by atoms with Gasteiger partial charge in [-0.15, -0.1) is 0 Å². The van der Waals surface area contributed by atoms with Gasteiger partial charge in [-0.2, -0.15) is 0 Å². The van der Waals surface area contributed by atoms with Crippen molar-refractivity contribution in [1.82, 2.24) is 4.98 Å². The minimum Gasteiger partial charge on any atom is -0.496 e. The van der Waals surface area contributed by atoms with Crippen molar-refractivity contribution < 1.29 is 19.1 Å². The first-order valence-electron chi connectivity index (χ1n) is 5.15. The number of hydrogen-bond acceptors (Lipinski definition) is 4. The number of carbonyl (C=O) groups excluding carboxylic acids is 2. The molecule has 6 nitrogen and oxygen atoms in total. The first-order valence-corrected chi connectivity index (χ1v) is 5.15. The van der Waals surface area contributed by atoms with E-state index in [0.29, 0.717) is 22.2 Å². The van der Waals surface area contributed by atoms with Gasteiger partial charge in [0.05, 0.1) is 19.7 Å². The molecule has 0 aliphatic heterocycles. The molecule has 18 heavy (non-hydrogen) atoms. The highest BCUT2D eigenvalue weighted by Crippen LogP contribution is 2.28. The molecule has 2 aromatic rings. The lowest BCUT2D eigenvalue weighted by atomic mass is 10.1. The molecular formula is C12H12N2O4. The first-order chi connectivity index (χ1) is 8.56. The molecule has 0 spiro atoms. The molecule has 0 unspecified atom stereocenters. The van der Waals surface area contributed by atoms with Gasteiger partial charge in [0.2, 0.25) is 5.91 Å². The highest BCUT2D eigenvalue weighted by Gasteiger charge is 2.14. The van der Waals surface area contributed by atoms with E-state index in [2.05, 4.69) is 9.72 Å². The number of primary amides is 1. The number of esters is 1. The molecule has 3 N–H and O–H groups in total. The number of fused-ring (bicyclic) bond motifs is 1. The Morgan fingerprint density at radius 3 is 2.50 bits per heavy atom. The Morgan fingerprint density at radius 2 is 1.94 bits per heavy atom. The van der Waals surface area contributed by atoms with Gasteiger partial charge in [0.25, 0.3) is 0 Å². The number of benzene rings is 1. The second-order valence-electron chi connectivity index (χ2n) is 3.68. The van der Waals surface area contributed by atoms with Crippen LogP contribution in [0.25, 0.3) is 10.9 Å². The van der Waals surface area contributed by atoms with Crippen LogP contribution in [0.1, 0.15) is 20.8 Å². The highest BCUT2D eigenvalue weighted by molar-refractivity contribution is 6.02. The molecule has 0 aliphatic carbocycles. The van der Waals surface area contributed by atoms with Crippen LogP contribution in [0.5, 0.6) is 5.75 Å². The second kappa shape index (κ2) is 4.40. The lowest BCUT2D eigenvalue weighted by molar-refractivity contribution is 0.0595. The standard InChI is InChI=1S/C12H12N2O4/c1-17-10-4-6(11(13)15)3-8-7(10)5-9(14-8)12(16)18-2/h3-5,14H,1-2H3,(H2,13,15). The normalized spacial score (nSPS) is 10.3. The van der Waals surface area contributed by atoms with E-state index in [0.717, 1.165) is 0 Å². The molecule has 1 aromatic carbocycles. The van der Waals surface area contributed by atoms with Crippen molar-refractivity contribution in [3.8, 4) is 5.75 Å². The Labute approximate surface area is 103 Å². The van der Waals surface area contributed by atoms with Crippen molar-refractivity contribution in [3.05, 3.63) is 29.5 Å². The maximum Gasteiger partial charge on any atom is 0.354 e. The zero-order valence-corrected chi connectivity index (χ0v) is 9.94. The monoisotopic (exact) mass is 248 g/mol. The van der Waals surface area contributed by atoms with Crippen LogP contribution in [0.4, 0.5) is 0 Å². The second-order valence-corrected chi connectivity index (χ2v) is 3.68. The van der Waals surface area contributed by atoms with Gasteiger partial charge in [0, 0.05) is 10.9 Å². The third-order valence-corrected chi connectivity index (χ3v) is 2.61. The predicted molar refractivity (Wildman–Crippen MR) is 64.7 cm³/mol. The summed E-state index contributed by atoms with van der Waals surface area (Å²) in [6, 6.07) is 4.69. The van der Waals surface area contributed by atoms with Crippen LogP contribution >= 0.6 is 0 Å². The van der Waals surface area contributed by atoms with Crippen molar-refractivity contribution in [2.75, 3.05) is 14.2 Å². The third-order valence-electron chi connectivity index (χ3n) is 2.61. The number of H-pyrrole nitrogens is 1. The molecule has 6 heteroatoms. The number of aromatic nitrogens is 1. The van der Waals surface area contributed by atoms with Crippen LogP contribution in [0, 0.1) is 0 Å². The van der Waals surface area contributed by atoms with Crippen LogP contribution in [-0.2, 0) is 4.74 Å². The van der Waals surface area contributed by atoms with Gasteiger partial charge in [0.15, 0.2) is 0 Å². The van der Waals surface area contributed by atoms with Crippen LogP contribution in [0.3, 0.4) is 0 Å². The SMILES string of the molecule is COC(=O)c1cc2c(OC)cc(C(N)=O)cc2[nH]1. The lowest BCUT2D eigenvalue weighted by Crippen LogP contribution is -2.10. The molecule has 2 rings (SSSR count). The Balaban J connectivity index is 2.67. The summed E-state index contributed by atoms with van der Waals surface area (Å²) in [5.41, 5.74) is 6.40. The largest absolute Gasteiger partial charge is 0.496 e. The number of aromatic amines is 1. The molecule has 94 valence electrons. The van der Waals surface area contributed by atoms with Crippen LogP contribution < -0.4 is 10.5 Å². The highest BCUT2D eigenvalue weighted by atomic mass is 16.5. The number of rotatable bonds is 3. The lowest BCUT2D eigenvalue weighted by Gasteiger charge is -2.03. The van der Waals surface area contributed by atoms with Gasteiger partial charge in [0.1, 0.15) is 11.4 Å². The number of nitrogens with two attached hydrogens (primary N) is 1. The summed E-state index contributed by atoms with van der Waals surface area (Å²) in [7, 11) is 2.77. The van der Waals surface area contributed by atoms with Crippen LogP contribution in [-0.4, -0.2) is 31.1 Å². The van der Waals surface area contributed by atoms with Crippen LogP contribution in [0.15, 0.2) is 18.2 Å². The van der Waals surface area contributed by atoms with Crippen molar-refractivity contribution in [2.24, 2.45) is 5.73 Å². The molecule has 0 saturated heterocycles. The zero-order chi connectivity index (χ0) is 13.3. The Hall–Kier alpha value is -2.50. The van der Waals surface area contributed by atoms with Gasteiger partial charge < -0.3 is 20.2 Å². The van der Waals surface area contributed by atoms with E-state index in [9.17, 15) is 9.59 Å². The number of amides is 1. The van der Waals surface area contributed by atoms with E-state index >= 15 is 0 Å². The maximum atomic E-state index is 11.4. The minimum absolute atomic E-state index is 0.285. The summed E-state index contributed by atoms with van der Waals surface area (Å²) in [6.07, 6.45) is 0. The molecule has 0 atom stereocenters. The number of nitrogens with one attached hydrogen (secondary N) is 1. The number of hydrogen-bond donors (Lipinski definition) is 2. The smallest absolute Gasteiger partial charge is 0.354 e. The van der Waals surface area contributed by atoms with Crippen molar-refractivity contribution in [3.63, 3.8) is 0 Å². The van der Waals surface area contributed by atoms with Gasteiger partial charge >= 0.3 is 5.97 Å². The Kier molecular flexibility index (Phi) is 2.93. The van der Waals surface area contributed by atoms with E-state index < -0.39 is 11.9 Å². The Morgan fingerprint density at radius 1 is 1.22 bits per heavy atom. The fourth-order valence-corrected chi connectivity index (χ4v) is 1.74. The van der Waals surface area contributed by atoms with Crippen molar-refractivity contribution in [1.29, 1.82) is 0 Å². The zero-order valence-electron chi connectivity index (χ0n) is 9.94. The number of methoxy groups -OCH3 is 2. The Bertz CT molecular complexity index is 630. The molecule has 1 heterocycles. The summed E-state index contributed by atoms with van der Waals surface area (Å²) in [4.78, 5) is 25.4. The fourth-order valence-electron chi connectivity index (χ4n) is 1.74. The third kappa shape index (κ3) is 1.88. The first kappa shape index (κ1) is 12.0. The number of ether oxygens (including phenoxy) is 2. The van der Waals surface area contributed by atoms with Gasteiger partial charge in [-0.05, 0) is 18.2 Å². The van der Waals surface area contributed by atoms with E-state index in [1.54, 1.807) is 12.1 Å². The molecule has 0 fully saturated rings. The fraction of sp³-hybridized carbons (Fsp3) is 0.167. The van der Waals surface area contributed by atoms with E-state index in [1.807, 2.05) is 0 Å². The molecular weight excluding hydrogens is 236 g/mol. The van der Waals surface area contributed by atoms with Crippen LogP contribution in [0.2, 0.25) is 0 Å². The van der Waals surface area contributed by atoms with Gasteiger partial charge in [-0.1, -0.05) is 0 Å². The topological polar surface area (TPSA) is 94.4 Å². The molecule has 0 aliphatic rings. The van der Waals surface area contributed by atoms with E-state index in [4.69, 9.17) is 10.5 Å². The number of carbonyl (C=O) groups is 2. The maximum absolute atomic E-state index is 11.4. The van der Waals surface area contributed by atoms with Gasteiger partial charge in [-0.3, -0.25) is 4.79 Å². The molecule has 1 amide bonds. The van der Waals surface area contributed by atoms with Crippen molar-refractivity contribution >= 4 is 22.8 Å². The molecule has 0 bridgehead atoms. The molecule has 0 radical (unpaired) electrons. The summed E-state index contributed by atoms with van der Waals surface area (Å²) < 4.78 is 9.78. The summed E-state index contributed by atoms with van der Waals surface area (Å²) >= 11 is 0. The quantitative estimate of drug-likeness (QED) is 0.794. The predicted octanol–water partition coefficient (Wildman–Crippen LogP) is 1.06. The summed E-state index contributed by atoms with van der Waals surface area (Å²) in [6.45, 7) is 0. The van der Waals surface area contributed by atoms with E-state index in [1.165, 1.54) is 20.3 Å². The average molecular weight is 248 g/mol. The van der Waals surface area contributed by atoms with E-state index in [-0.39, 0.29) is 5.69 Å². The van der Waals surface area contributed by atoms with Gasteiger partial charge in [-0.25, -0.2) is 4.79 Å². The molecule has 0 saturated carbocycles. The average Bonchev–Trinajstić information content (AvgIpc) is 2.80. The molecule has 1 aromatic heterocycles.